The van der Waals surface area contributed by atoms with E-state index in [1.807, 2.05) is 24.3 Å². The van der Waals surface area contributed by atoms with Gasteiger partial charge in [-0.2, -0.15) is 0 Å². The first-order valence-corrected chi connectivity index (χ1v) is 9.43. The first-order valence-electron chi connectivity index (χ1n) is 9.43. The molecule has 0 saturated carbocycles. The molecule has 1 heterocycles. The number of anilines is 1. The molecule has 0 aliphatic carbocycles. The Morgan fingerprint density at radius 3 is 2.52 bits per heavy atom. The number of nitrogens with zero attached hydrogens (tertiary/aromatic N) is 1. The molecule has 0 aromatic heterocycles. The summed E-state index contributed by atoms with van der Waals surface area (Å²) in [7, 11) is 3.16. The second-order valence-electron chi connectivity index (χ2n) is 7.20. The van der Waals surface area contributed by atoms with E-state index >= 15 is 0 Å². The van der Waals surface area contributed by atoms with E-state index in [0.717, 1.165) is 25.6 Å². The maximum atomic E-state index is 12.5. The molecule has 1 atom stereocenters. The fraction of sp³-hybridized carbons (Fsp3) is 0.409. The van der Waals surface area contributed by atoms with Gasteiger partial charge in [0.2, 0.25) is 0 Å². The van der Waals surface area contributed by atoms with Crippen molar-refractivity contribution >= 4 is 11.6 Å². The summed E-state index contributed by atoms with van der Waals surface area (Å²) in [6.07, 6.45) is 2.60. The van der Waals surface area contributed by atoms with Crippen LogP contribution in [0, 0.1) is 5.92 Å². The lowest BCUT2D eigenvalue weighted by Gasteiger charge is -2.30. The van der Waals surface area contributed by atoms with Gasteiger partial charge < -0.3 is 14.8 Å². The summed E-state index contributed by atoms with van der Waals surface area (Å²) < 4.78 is 10.5. The minimum absolute atomic E-state index is 0.139. The number of likely N-dealkylation sites (tertiary alicyclic amines) is 1. The van der Waals surface area contributed by atoms with E-state index < -0.39 is 0 Å². The van der Waals surface area contributed by atoms with Crippen molar-refractivity contribution in [3.05, 3.63) is 53.6 Å². The molecule has 0 bridgehead atoms. The van der Waals surface area contributed by atoms with Gasteiger partial charge in [-0.15, -0.1) is 0 Å². The number of amides is 1. The van der Waals surface area contributed by atoms with Gasteiger partial charge in [0, 0.05) is 30.4 Å². The monoisotopic (exact) mass is 368 g/mol. The highest BCUT2D eigenvalue weighted by Gasteiger charge is 2.16. The van der Waals surface area contributed by atoms with Crippen LogP contribution in [-0.2, 0) is 6.54 Å². The molecule has 2 aromatic rings. The molecule has 27 heavy (non-hydrogen) atoms. The number of rotatable bonds is 6. The Labute approximate surface area is 161 Å². The Morgan fingerprint density at radius 1 is 1.11 bits per heavy atom. The van der Waals surface area contributed by atoms with Crippen LogP contribution in [0.3, 0.4) is 0 Å². The van der Waals surface area contributed by atoms with Crippen LogP contribution in [-0.4, -0.2) is 38.1 Å². The maximum Gasteiger partial charge on any atom is 0.255 e. The van der Waals surface area contributed by atoms with E-state index in [1.165, 1.54) is 18.4 Å². The van der Waals surface area contributed by atoms with Crippen LogP contribution >= 0.6 is 0 Å². The van der Waals surface area contributed by atoms with E-state index in [1.54, 1.807) is 32.4 Å². The number of piperidine rings is 1. The Morgan fingerprint density at radius 2 is 1.85 bits per heavy atom. The van der Waals surface area contributed by atoms with Gasteiger partial charge in [0.05, 0.1) is 14.2 Å². The van der Waals surface area contributed by atoms with Crippen LogP contribution in [0.15, 0.2) is 42.5 Å². The zero-order valence-corrected chi connectivity index (χ0v) is 16.3. The normalized spacial score (nSPS) is 17.4. The standard InChI is InChI=1S/C22H28N2O3/c1-16-5-4-12-24(14-16)15-17-6-8-18(9-7-17)22(25)23-19-10-11-20(26-2)21(13-19)27-3/h6-11,13,16H,4-5,12,14-15H2,1-3H3,(H,23,25)/t16-/m1/s1. The first kappa shape index (κ1) is 19.2. The van der Waals surface area contributed by atoms with Crippen LogP contribution in [0.4, 0.5) is 5.69 Å². The minimum atomic E-state index is -0.139. The number of ether oxygens (including phenoxy) is 2. The topological polar surface area (TPSA) is 50.8 Å². The molecule has 1 amide bonds. The lowest BCUT2D eigenvalue weighted by molar-refractivity contribution is 0.102. The van der Waals surface area contributed by atoms with Crippen molar-refractivity contribution < 1.29 is 14.3 Å². The van der Waals surface area contributed by atoms with Crippen molar-refractivity contribution in [1.29, 1.82) is 0 Å². The summed E-state index contributed by atoms with van der Waals surface area (Å²) in [5.74, 6) is 1.85. The Balaban J connectivity index is 1.62. The highest BCUT2D eigenvalue weighted by atomic mass is 16.5. The van der Waals surface area contributed by atoms with E-state index in [-0.39, 0.29) is 5.91 Å². The molecule has 144 valence electrons. The van der Waals surface area contributed by atoms with E-state index in [9.17, 15) is 4.79 Å². The molecule has 1 fully saturated rings. The zero-order chi connectivity index (χ0) is 19.2. The molecule has 2 aromatic carbocycles. The van der Waals surface area contributed by atoms with E-state index in [4.69, 9.17) is 9.47 Å². The van der Waals surface area contributed by atoms with Crippen molar-refractivity contribution in [2.24, 2.45) is 5.92 Å². The molecule has 1 aliphatic heterocycles. The van der Waals surface area contributed by atoms with Crippen molar-refractivity contribution in [2.75, 3.05) is 32.6 Å². The number of methoxy groups -OCH3 is 2. The summed E-state index contributed by atoms with van der Waals surface area (Å²) in [6.45, 7) is 5.57. The molecule has 0 radical (unpaired) electrons. The first-order chi connectivity index (χ1) is 13.1. The van der Waals surface area contributed by atoms with Gasteiger partial charge in [0.1, 0.15) is 0 Å². The fourth-order valence-electron chi connectivity index (χ4n) is 3.57. The number of carbonyl (C=O) groups excluding carboxylic acids is 1. The lowest BCUT2D eigenvalue weighted by atomic mass is 9.99. The van der Waals surface area contributed by atoms with Crippen molar-refractivity contribution in [1.82, 2.24) is 4.90 Å². The molecule has 0 unspecified atom stereocenters. The highest BCUT2D eigenvalue weighted by Crippen LogP contribution is 2.30. The third-order valence-corrected chi connectivity index (χ3v) is 5.00. The average molecular weight is 368 g/mol. The molecule has 0 spiro atoms. The quantitative estimate of drug-likeness (QED) is 0.831. The summed E-state index contributed by atoms with van der Waals surface area (Å²) >= 11 is 0. The Hall–Kier alpha value is -2.53. The van der Waals surface area contributed by atoms with Crippen LogP contribution in [0.5, 0.6) is 11.5 Å². The van der Waals surface area contributed by atoms with Gasteiger partial charge in [0.15, 0.2) is 11.5 Å². The zero-order valence-electron chi connectivity index (χ0n) is 16.3. The molecular formula is C22H28N2O3. The van der Waals surface area contributed by atoms with Crippen molar-refractivity contribution in [3.63, 3.8) is 0 Å². The number of nitrogens with one attached hydrogen (secondary N) is 1. The molecule has 1 aliphatic rings. The van der Waals surface area contributed by atoms with Gasteiger partial charge in [-0.1, -0.05) is 19.1 Å². The summed E-state index contributed by atoms with van der Waals surface area (Å²) in [5.41, 5.74) is 2.55. The van der Waals surface area contributed by atoms with Crippen molar-refractivity contribution in [2.45, 2.75) is 26.3 Å². The van der Waals surface area contributed by atoms with Gasteiger partial charge in [-0.25, -0.2) is 0 Å². The molecule has 3 rings (SSSR count). The minimum Gasteiger partial charge on any atom is -0.493 e. The second-order valence-corrected chi connectivity index (χ2v) is 7.20. The molecular weight excluding hydrogens is 340 g/mol. The summed E-state index contributed by atoms with van der Waals surface area (Å²) in [6, 6.07) is 13.2. The molecule has 1 saturated heterocycles. The predicted molar refractivity (Wildman–Crippen MR) is 108 cm³/mol. The van der Waals surface area contributed by atoms with Crippen LogP contribution in [0.25, 0.3) is 0 Å². The highest BCUT2D eigenvalue weighted by molar-refractivity contribution is 6.04. The predicted octanol–water partition coefficient (Wildman–Crippen LogP) is 4.19. The third kappa shape index (κ3) is 5.01. The van der Waals surface area contributed by atoms with Crippen molar-refractivity contribution in [3.8, 4) is 11.5 Å². The second kappa shape index (κ2) is 8.91. The number of hydrogen-bond acceptors (Lipinski definition) is 4. The average Bonchev–Trinajstić information content (AvgIpc) is 2.68. The Bertz CT molecular complexity index is 774. The van der Waals surface area contributed by atoms with Crippen LogP contribution in [0.2, 0.25) is 0 Å². The lowest BCUT2D eigenvalue weighted by Crippen LogP contribution is -2.33. The maximum absolute atomic E-state index is 12.5. The number of hydrogen-bond donors (Lipinski definition) is 1. The van der Waals surface area contributed by atoms with Gasteiger partial charge in [-0.3, -0.25) is 9.69 Å². The van der Waals surface area contributed by atoms with Crippen LogP contribution < -0.4 is 14.8 Å². The smallest absolute Gasteiger partial charge is 0.255 e. The third-order valence-electron chi connectivity index (χ3n) is 5.00. The number of benzene rings is 2. The molecule has 5 nitrogen and oxygen atoms in total. The van der Waals surface area contributed by atoms with Gasteiger partial charge in [-0.05, 0) is 55.1 Å². The Kier molecular flexibility index (Phi) is 6.35. The fourth-order valence-corrected chi connectivity index (χ4v) is 3.57. The van der Waals surface area contributed by atoms with Crippen LogP contribution in [0.1, 0.15) is 35.7 Å². The molecule has 5 heteroatoms. The van der Waals surface area contributed by atoms with Gasteiger partial charge in [0.25, 0.3) is 5.91 Å². The summed E-state index contributed by atoms with van der Waals surface area (Å²) in [4.78, 5) is 15.0. The number of carbonyl (C=O) groups is 1. The van der Waals surface area contributed by atoms with E-state index in [0.29, 0.717) is 22.7 Å². The van der Waals surface area contributed by atoms with E-state index in [2.05, 4.69) is 17.1 Å². The van der Waals surface area contributed by atoms with Gasteiger partial charge >= 0.3 is 0 Å². The summed E-state index contributed by atoms with van der Waals surface area (Å²) in [5, 5.41) is 2.91. The SMILES string of the molecule is COc1ccc(NC(=O)c2ccc(CN3CCC[C@@H](C)C3)cc2)cc1OC. The molecule has 1 N–H and O–H groups in total. The largest absolute Gasteiger partial charge is 0.493 e.